The maximum absolute atomic E-state index is 12.3. The van der Waals surface area contributed by atoms with Crippen molar-refractivity contribution in [3.8, 4) is 5.75 Å². The van der Waals surface area contributed by atoms with Crippen molar-refractivity contribution in [2.24, 2.45) is 5.92 Å². The van der Waals surface area contributed by atoms with E-state index < -0.39 is 0 Å². The minimum Gasteiger partial charge on any atom is -0.494 e. The molecule has 3 heteroatoms. The van der Waals surface area contributed by atoms with Gasteiger partial charge in [-0.25, -0.2) is 0 Å². The van der Waals surface area contributed by atoms with Crippen LogP contribution >= 0.6 is 0 Å². The van der Waals surface area contributed by atoms with Crippen molar-refractivity contribution in [1.29, 1.82) is 0 Å². The van der Waals surface area contributed by atoms with Gasteiger partial charge in [0, 0.05) is 23.0 Å². The Bertz CT molecular complexity index is 623. The normalized spacial score (nSPS) is 15.7. The van der Waals surface area contributed by atoms with Crippen molar-refractivity contribution in [3.05, 3.63) is 30.5 Å². The largest absolute Gasteiger partial charge is 0.494 e. The number of hydrogen-bond donors (Lipinski definition) is 0. The fourth-order valence-electron chi connectivity index (χ4n) is 3.17. The first kappa shape index (κ1) is 14.2. The number of rotatable bonds is 6. The van der Waals surface area contributed by atoms with E-state index in [1.165, 1.54) is 12.8 Å². The predicted octanol–water partition coefficient (Wildman–Crippen LogP) is 4.19. The van der Waals surface area contributed by atoms with Crippen LogP contribution in [0.5, 0.6) is 5.75 Å². The van der Waals surface area contributed by atoms with Crippen LogP contribution in [-0.4, -0.2) is 17.0 Å². The summed E-state index contributed by atoms with van der Waals surface area (Å²) in [5.74, 6) is 1.58. The van der Waals surface area contributed by atoms with Crippen LogP contribution in [0.15, 0.2) is 30.5 Å². The van der Waals surface area contributed by atoms with Gasteiger partial charge < -0.3 is 9.30 Å². The van der Waals surface area contributed by atoms with E-state index in [1.54, 1.807) is 0 Å². The molecule has 3 rings (SSSR count). The molecule has 1 saturated carbocycles. The van der Waals surface area contributed by atoms with Gasteiger partial charge in [0.1, 0.15) is 5.75 Å². The minimum atomic E-state index is 0.287. The van der Waals surface area contributed by atoms with Crippen LogP contribution in [0.2, 0.25) is 0 Å². The van der Waals surface area contributed by atoms with Gasteiger partial charge in [-0.1, -0.05) is 19.8 Å². The Hall–Kier alpha value is -1.77. The Morgan fingerprint density at radius 3 is 2.86 bits per heavy atom. The number of fused-ring (bicyclic) bond motifs is 1. The molecule has 0 atom stereocenters. The molecule has 0 unspecified atom stereocenters. The van der Waals surface area contributed by atoms with E-state index in [4.69, 9.17) is 4.74 Å². The SMILES string of the molecule is CCCOc1ccc2c(ccn2CC(=O)C2CCCC2)c1. The van der Waals surface area contributed by atoms with Crippen molar-refractivity contribution >= 4 is 16.7 Å². The maximum atomic E-state index is 12.3. The molecular formula is C18H23NO2. The molecule has 1 aromatic heterocycles. The lowest BCUT2D eigenvalue weighted by Gasteiger charge is -2.10. The predicted molar refractivity (Wildman–Crippen MR) is 84.7 cm³/mol. The van der Waals surface area contributed by atoms with Gasteiger partial charge >= 0.3 is 0 Å². The highest BCUT2D eigenvalue weighted by molar-refractivity contribution is 5.86. The van der Waals surface area contributed by atoms with Crippen LogP contribution in [0.4, 0.5) is 0 Å². The molecular weight excluding hydrogens is 262 g/mol. The van der Waals surface area contributed by atoms with Gasteiger partial charge in [-0.3, -0.25) is 4.79 Å². The Morgan fingerprint density at radius 1 is 1.29 bits per heavy atom. The average molecular weight is 285 g/mol. The van der Waals surface area contributed by atoms with Crippen molar-refractivity contribution in [2.45, 2.75) is 45.6 Å². The second kappa shape index (κ2) is 6.33. The second-order valence-corrected chi connectivity index (χ2v) is 5.96. The first-order valence-electron chi connectivity index (χ1n) is 8.02. The maximum Gasteiger partial charge on any atom is 0.155 e. The zero-order valence-corrected chi connectivity index (χ0v) is 12.7. The highest BCUT2D eigenvalue weighted by Gasteiger charge is 2.22. The minimum absolute atomic E-state index is 0.287. The van der Waals surface area contributed by atoms with E-state index in [0.717, 1.165) is 42.5 Å². The van der Waals surface area contributed by atoms with E-state index in [2.05, 4.69) is 29.7 Å². The van der Waals surface area contributed by atoms with Gasteiger partial charge in [0.15, 0.2) is 5.78 Å². The van der Waals surface area contributed by atoms with Gasteiger partial charge in [0.25, 0.3) is 0 Å². The van der Waals surface area contributed by atoms with E-state index in [9.17, 15) is 4.79 Å². The highest BCUT2D eigenvalue weighted by atomic mass is 16.5. The molecule has 2 aromatic rings. The molecule has 0 bridgehead atoms. The standard InChI is InChI=1S/C18H23NO2/c1-2-11-21-16-7-8-17-15(12-16)9-10-19(17)13-18(20)14-5-3-4-6-14/h7-10,12,14H,2-6,11,13H2,1H3. The Labute approximate surface area is 125 Å². The zero-order chi connectivity index (χ0) is 14.7. The van der Waals surface area contributed by atoms with Gasteiger partial charge in [-0.05, 0) is 43.5 Å². The average Bonchev–Trinajstić information content (AvgIpc) is 3.15. The van der Waals surface area contributed by atoms with Crippen LogP contribution in [-0.2, 0) is 11.3 Å². The van der Waals surface area contributed by atoms with Gasteiger partial charge in [-0.2, -0.15) is 0 Å². The number of ketones is 1. The van der Waals surface area contributed by atoms with Crippen LogP contribution in [0.1, 0.15) is 39.0 Å². The molecule has 112 valence electrons. The molecule has 0 N–H and O–H groups in total. The zero-order valence-electron chi connectivity index (χ0n) is 12.7. The highest BCUT2D eigenvalue weighted by Crippen LogP contribution is 2.27. The molecule has 0 aliphatic heterocycles. The topological polar surface area (TPSA) is 31.2 Å². The smallest absolute Gasteiger partial charge is 0.155 e. The van der Waals surface area contributed by atoms with E-state index >= 15 is 0 Å². The number of Topliss-reactive ketones (excluding diaryl/α,β-unsaturated/α-hetero) is 1. The molecule has 1 aromatic carbocycles. The lowest BCUT2D eigenvalue weighted by atomic mass is 10.0. The number of nitrogens with zero attached hydrogens (tertiary/aromatic N) is 1. The first-order chi connectivity index (χ1) is 10.3. The summed E-state index contributed by atoms with van der Waals surface area (Å²) in [5, 5.41) is 1.14. The summed E-state index contributed by atoms with van der Waals surface area (Å²) >= 11 is 0. The van der Waals surface area contributed by atoms with Crippen molar-refractivity contribution in [2.75, 3.05) is 6.61 Å². The Balaban J connectivity index is 1.75. The fourth-order valence-corrected chi connectivity index (χ4v) is 3.17. The third-order valence-corrected chi connectivity index (χ3v) is 4.35. The molecule has 1 heterocycles. The van der Waals surface area contributed by atoms with E-state index in [1.807, 2.05) is 12.3 Å². The third-order valence-electron chi connectivity index (χ3n) is 4.35. The number of hydrogen-bond acceptors (Lipinski definition) is 2. The van der Waals surface area contributed by atoms with Crippen molar-refractivity contribution in [1.82, 2.24) is 4.57 Å². The summed E-state index contributed by atoms with van der Waals surface area (Å²) < 4.78 is 7.73. The van der Waals surface area contributed by atoms with Gasteiger partial charge in [-0.15, -0.1) is 0 Å². The molecule has 21 heavy (non-hydrogen) atoms. The number of carbonyl (C=O) groups is 1. The summed E-state index contributed by atoms with van der Waals surface area (Å²) in [7, 11) is 0. The molecule has 1 aliphatic carbocycles. The molecule has 0 amide bonds. The quantitative estimate of drug-likeness (QED) is 0.797. The van der Waals surface area contributed by atoms with Crippen LogP contribution in [0.25, 0.3) is 10.9 Å². The Morgan fingerprint density at radius 2 is 2.10 bits per heavy atom. The number of aromatic nitrogens is 1. The summed E-state index contributed by atoms with van der Waals surface area (Å²) in [6.07, 6.45) is 7.60. The van der Waals surface area contributed by atoms with Gasteiger partial charge in [0.05, 0.1) is 13.2 Å². The number of ether oxygens (including phenoxy) is 1. The first-order valence-corrected chi connectivity index (χ1v) is 8.02. The van der Waals surface area contributed by atoms with Crippen LogP contribution in [0.3, 0.4) is 0 Å². The van der Waals surface area contributed by atoms with Crippen molar-refractivity contribution < 1.29 is 9.53 Å². The fraction of sp³-hybridized carbons (Fsp3) is 0.500. The molecule has 0 saturated heterocycles. The second-order valence-electron chi connectivity index (χ2n) is 5.96. The van der Waals surface area contributed by atoms with E-state index in [-0.39, 0.29) is 5.92 Å². The molecule has 1 fully saturated rings. The lowest BCUT2D eigenvalue weighted by molar-refractivity contribution is -0.123. The van der Waals surface area contributed by atoms with Crippen LogP contribution in [0, 0.1) is 5.92 Å². The van der Waals surface area contributed by atoms with Crippen molar-refractivity contribution in [3.63, 3.8) is 0 Å². The summed E-state index contributed by atoms with van der Waals surface area (Å²) in [6.45, 7) is 3.35. The van der Waals surface area contributed by atoms with Crippen LogP contribution < -0.4 is 4.74 Å². The summed E-state index contributed by atoms with van der Waals surface area (Å²) in [5.41, 5.74) is 1.12. The molecule has 3 nitrogen and oxygen atoms in total. The lowest BCUT2D eigenvalue weighted by Crippen LogP contribution is -2.17. The summed E-state index contributed by atoms with van der Waals surface area (Å²) in [4.78, 5) is 12.3. The Kier molecular flexibility index (Phi) is 4.28. The number of carbonyl (C=O) groups excluding carboxylic acids is 1. The van der Waals surface area contributed by atoms with Gasteiger partial charge in [0.2, 0.25) is 0 Å². The third kappa shape index (κ3) is 3.12. The molecule has 1 aliphatic rings. The summed E-state index contributed by atoms with van der Waals surface area (Å²) in [6, 6.07) is 8.17. The van der Waals surface area contributed by atoms with E-state index in [0.29, 0.717) is 12.3 Å². The molecule has 0 spiro atoms. The number of benzene rings is 1. The monoisotopic (exact) mass is 285 g/mol. The molecule has 0 radical (unpaired) electrons.